The van der Waals surface area contributed by atoms with E-state index in [1.807, 2.05) is 24.3 Å². The molecule has 0 unspecified atom stereocenters. The number of amides is 1. The second-order valence-electron chi connectivity index (χ2n) is 6.20. The lowest BCUT2D eigenvalue weighted by Crippen LogP contribution is -2.37. The Kier molecular flexibility index (Phi) is 4.96. The van der Waals surface area contributed by atoms with E-state index in [1.54, 1.807) is 0 Å². The normalized spacial score (nSPS) is 21.1. The van der Waals surface area contributed by atoms with Gasteiger partial charge in [0.15, 0.2) is 0 Å². The van der Waals surface area contributed by atoms with Crippen molar-refractivity contribution in [2.45, 2.75) is 45.1 Å². The van der Waals surface area contributed by atoms with Crippen LogP contribution in [-0.2, 0) is 6.42 Å². The Morgan fingerprint density at radius 2 is 2.00 bits per heavy atom. The molecule has 1 amide bonds. The predicted octanol–water partition coefficient (Wildman–Crippen LogP) is 3.62. The second-order valence-corrected chi connectivity index (χ2v) is 6.61. The van der Waals surface area contributed by atoms with Gasteiger partial charge in [0.1, 0.15) is 0 Å². The summed E-state index contributed by atoms with van der Waals surface area (Å²) >= 11 is 6.11. The number of carbonyl (C=O) groups excluding carboxylic acids is 1. The summed E-state index contributed by atoms with van der Waals surface area (Å²) in [5.74, 6) is 0.863. The van der Waals surface area contributed by atoms with Gasteiger partial charge in [-0.1, -0.05) is 36.7 Å². The molecule has 1 aliphatic rings. The van der Waals surface area contributed by atoms with Gasteiger partial charge in [-0.2, -0.15) is 0 Å². The molecule has 0 bridgehead atoms. The van der Waals surface area contributed by atoms with Crippen molar-refractivity contribution in [3.05, 3.63) is 46.6 Å². The van der Waals surface area contributed by atoms with E-state index in [1.165, 1.54) is 0 Å². The van der Waals surface area contributed by atoms with Gasteiger partial charge in [0.2, 0.25) is 5.89 Å². The molecule has 1 aromatic carbocycles. The number of nitrogens with zero attached hydrogens (tertiary/aromatic N) is 2. The Bertz CT molecular complexity index is 678. The first kappa shape index (κ1) is 16.0. The highest BCUT2D eigenvalue weighted by molar-refractivity contribution is 6.31. The molecule has 1 saturated carbocycles. The monoisotopic (exact) mass is 333 g/mol. The number of aromatic nitrogens is 2. The van der Waals surface area contributed by atoms with Crippen molar-refractivity contribution in [2.75, 3.05) is 0 Å². The van der Waals surface area contributed by atoms with Crippen LogP contribution < -0.4 is 5.32 Å². The number of hydrogen-bond donors (Lipinski definition) is 1. The summed E-state index contributed by atoms with van der Waals surface area (Å²) in [4.78, 5) is 12.2. The lowest BCUT2D eigenvalue weighted by Gasteiger charge is -2.26. The van der Waals surface area contributed by atoms with Crippen molar-refractivity contribution in [3.8, 4) is 0 Å². The van der Waals surface area contributed by atoms with E-state index >= 15 is 0 Å². The highest BCUT2D eigenvalue weighted by atomic mass is 35.5. The van der Waals surface area contributed by atoms with Gasteiger partial charge in [0, 0.05) is 11.1 Å². The smallest absolute Gasteiger partial charge is 0.309 e. The van der Waals surface area contributed by atoms with Crippen molar-refractivity contribution in [3.63, 3.8) is 0 Å². The van der Waals surface area contributed by atoms with E-state index in [0.29, 0.717) is 17.3 Å². The molecule has 5 nitrogen and oxygen atoms in total. The lowest BCUT2D eigenvalue weighted by molar-refractivity contribution is 0.0886. The molecule has 23 heavy (non-hydrogen) atoms. The first-order valence-electron chi connectivity index (χ1n) is 7.98. The van der Waals surface area contributed by atoms with E-state index < -0.39 is 0 Å². The predicted molar refractivity (Wildman–Crippen MR) is 87.4 cm³/mol. The van der Waals surface area contributed by atoms with Crippen LogP contribution in [0.5, 0.6) is 0 Å². The molecule has 0 saturated heterocycles. The SMILES string of the molecule is CC1CCC(NC(=O)c2nnc(Cc3ccccc3Cl)o2)CC1. The number of halogens is 1. The van der Waals surface area contributed by atoms with Crippen LogP contribution in [0.25, 0.3) is 0 Å². The van der Waals surface area contributed by atoms with Crippen molar-refractivity contribution in [1.82, 2.24) is 15.5 Å². The largest absolute Gasteiger partial charge is 0.417 e. The molecule has 1 heterocycles. The molecule has 0 radical (unpaired) electrons. The molecule has 122 valence electrons. The number of nitrogens with one attached hydrogen (secondary N) is 1. The zero-order chi connectivity index (χ0) is 16.2. The molecule has 3 rings (SSSR count). The van der Waals surface area contributed by atoms with Crippen molar-refractivity contribution >= 4 is 17.5 Å². The van der Waals surface area contributed by atoms with E-state index in [4.69, 9.17) is 16.0 Å². The minimum absolute atomic E-state index is 0.0191. The summed E-state index contributed by atoms with van der Waals surface area (Å²) in [6.45, 7) is 2.25. The summed E-state index contributed by atoms with van der Waals surface area (Å²) in [6.07, 6.45) is 4.72. The topological polar surface area (TPSA) is 68.0 Å². The van der Waals surface area contributed by atoms with Gasteiger partial charge < -0.3 is 9.73 Å². The van der Waals surface area contributed by atoms with E-state index in [-0.39, 0.29) is 17.8 Å². The maximum Gasteiger partial charge on any atom is 0.309 e. The van der Waals surface area contributed by atoms with E-state index in [9.17, 15) is 4.79 Å². The minimum atomic E-state index is -0.289. The lowest BCUT2D eigenvalue weighted by atomic mass is 9.87. The number of hydrogen-bond acceptors (Lipinski definition) is 4. The Balaban J connectivity index is 1.60. The molecule has 6 heteroatoms. The molecule has 0 atom stereocenters. The van der Waals surface area contributed by atoms with Crippen molar-refractivity contribution in [2.24, 2.45) is 5.92 Å². The first-order valence-corrected chi connectivity index (χ1v) is 8.36. The zero-order valence-electron chi connectivity index (χ0n) is 13.1. The molecule has 1 aromatic heterocycles. The van der Waals surface area contributed by atoms with Gasteiger partial charge in [0.05, 0.1) is 6.42 Å². The fourth-order valence-electron chi connectivity index (χ4n) is 2.87. The zero-order valence-corrected chi connectivity index (χ0v) is 13.8. The summed E-state index contributed by atoms with van der Waals surface area (Å²) in [5, 5.41) is 11.4. The third kappa shape index (κ3) is 4.10. The van der Waals surface area contributed by atoms with Crippen LogP contribution in [0.2, 0.25) is 5.02 Å². The fourth-order valence-corrected chi connectivity index (χ4v) is 3.08. The Hall–Kier alpha value is -1.88. The van der Waals surface area contributed by atoms with Gasteiger partial charge in [-0.25, -0.2) is 0 Å². The maximum atomic E-state index is 12.2. The summed E-state index contributed by atoms with van der Waals surface area (Å²) in [6, 6.07) is 7.68. The molecule has 2 aromatic rings. The summed E-state index contributed by atoms with van der Waals surface area (Å²) in [7, 11) is 0. The van der Waals surface area contributed by atoms with Gasteiger partial charge in [0.25, 0.3) is 0 Å². The average Bonchev–Trinajstić information content (AvgIpc) is 3.01. The number of carbonyl (C=O) groups is 1. The van der Waals surface area contributed by atoms with Crippen LogP contribution in [0.15, 0.2) is 28.7 Å². The first-order chi connectivity index (χ1) is 11.1. The standard InChI is InChI=1S/C17H20ClN3O2/c1-11-6-8-13(9-7-11)19-16(22)17-21-20-15(23-17)10-12-4-2-3-5-14(12)18/h2-5,11,13H,6-10H2,1H3,(H,19,22). The molecular weight excluding hydrogens is 314 g/mol. The molecule has 0 spiro atoms. The van der Waals surface area contributed by atoms with Gasteiger partial charge in [-0.05, 0) is 43.2 Å². The molecule has 1 aliphatic carbocycles. The third-order valence-corrected chi connectivity index (χ3v) is 4.68. The molecule has 0 aliphatic heterocycles. The third-order valence-electron chi connectivity index (χ3n) is 4.31. The molecular formula is C17H20ClN3O2. The maximum absolute atomic E-state index is 12.2. The van der Waals surface area contributed by atoms with E-state index in [2.05, 4.69) is 22.4 Å². The van der Waals surface area contributed by atoms with E-state index in [0.717, 1.165) is 37.2 Å². The number of benzene rings is 1. The molecule has 1 N–H and O–H groups in total. The fraction of sp³-hybridized carbons (Fsp3) is 0.471. The Morgan fingerprint density at radius 3 is 2.74 bits per heavy atom. The quantitative estimate of drug-likeness (QED) is 0.927. The van der Waals surface area contributed by atoms with Gasteiger partial charge in [-0.3, -0.25) is 4.79 Å². The number of rotatable bonds is 4. The second kappa shape index (κ2) is 7.13. The Morgan fingerprint density at radius 1 is 1.26 bits per heavy atom. The van der Waals surface area contributed by atoms with Crippen molar-refractivity contribution in [1.29, 1.82) is 0 Å². The van der Waals surface area contributed by atoms with Crippen LogP contribution in [0.1, 0.15) is 54.7 Å². The van der Waals surface area contributed by atoms with Crippen LogP contribution in [0.3, 0.4) is 0 Å². The van der Waals surface area contributed by atoms with Gasteiger partial charge in [-0.15, -0.1) is 10.2 Å². The highest BCUT2D eigenvalue weighted by Gasteiger charge is 2.23. The average molecular weight is 334 g/mol. The minimum Gasteiger partial charge on any atom is -0.417 e. The van der Waals surface area contributed by atoms with Crippen LogP contribution in [0.4, 0.5) is 0 Å². The van der Waals surface area contributed by atoms with Crippen molar-refractivity contribution < 1.29 is 9.21 Å². The Labute approximate surface area is 140 Å². The highest BCUT2D eigenvalue weighted by Crippen LogP contribution is 2.23. The van der Waals surface area contributed by atoms with Crippen LogP contribution >= 0.6 is 11.6 Å². The van der Waals surface area contributed by atoms with Crippen LogP contribution in [0, 0.1) is 5.92 Å². The molecule has 1 fully saturated rings. The van der Waals surface area contributed by atoms with Gasteiger partial charge >= 0.3 is 11.8 Å². The summed E-state index contributed by atoms with van der Waals surface area (Å²) < 4.78 is 5.47. The summed E-state index contributed by atoms with van der Waals surface area (Å²) in [5.41, 5.74) is 0.894. The van der Waals surface area contributed by atoms with Crippen LogP contribution in [-0.4, -0.2) is 22.1 Å².